The van der Waals surface area contributed by atoms with Gasteiger partial charge in [0.15, 0.2) is 7.85 Å². The number of aryl methyl sites for hydroxylation is 1. The van der Waals surface area contributed by atoms with Gasteiger partial charge in [-0.15, -0.1) is 5.10 Å². The molecule has 0 radical (unpaired) electrons. The van der Waals surface area contributed by atoms with Crippen molar-refractivity contribution >= 4 is 36.1 Å². The molecule has 0 bridgehead atoms. The lowest BCUT2D eigenvalue weighted by atomic mass is 10.0. The van der Waals surface area contributed by atoms with E-state index in [0.717, 1.165) is 35.2 Å². The van der Waals surface area contributed by atoms with Gasteiger partial charge in [0.1, 0.15) is 29.2 Å². The van der Waals surface area contributed by atoms with E-state index in [2.05, 4.69) is 42.2 Å². The van der Waals surface area contributed by atoms with Crippen LogP contribution in [0.4, 0.5) is 11.6 Å². The van der Waals surface area contributed by atoms with Crippen molar-refractivity contribution in [2.24, 2.45) is 13.0 Å². The van der Waals surface area contributed by atoms with Crippen molar-refractivity contribution in [1.82, 2.24) is 24.3 Å². The molecule has 9 nitrogen and oxygen atoms in total. The lowest BCUT2D eigenvalue weighted by molar-refractivity contribution is 0.182. The Labute approximate surface area is 182 Å². The predicted molar refractivity (Wildman–Crippen MR) is 121 cm³/mol. The van der Waals surface area contributed by atoms with Gasteiger partial charge in [0.2, 0.25) is 5.95 Å². The van der Waals surface area contributed by atoms with Gasteiger partial charge in [-0.3, -0.25) is 4.68 Å². The van der Waals surface area contributed by atoms with Crippen LogP contribution in [-0.2, 0) is 11.8 Å². The van der Waals surface area contributed by atoms with Crippen molar-refractivity contribution < 1.29 is 9.47 Å². The Hall–Kier alpha value is -3.06. The van der Waals surface area contributed by atoms with Crippen molar-refractivity contribution in [2.45, 2.75) is 45.8 Å². The lowest BCUT2D eigenvalue weighted by Crippen LogP contribution is -2.19. The molecule has 1 aliphatic heterocycles. The Balaban J connectivity index is 1.73. The average molecular weight is 421 g/mol. The molecular weight excluding hydrogens is 393 g/mol. The van der Waals surface area contributed by atoms with Crippen LogP contribution in [-0.4, -0.2) is 51.5 Å². The monoisotopic (exact) mass is 421 g/mol. The molecule has 4 rings (SSSR count). The molecule has 31 heavy (non-hydrogen) atoms. The summed E-state index contributed by atoms with van der Waals surface area (Å²) in [4.78, 5) is 9.25. The van der Waals surface area contributed by atoms with Crippen LogP contribution in [0.2, 0.25) is 0 Å². The molecule has 0 amide bonds. The standard InChI is InChI=1S/C21H28BN7O2/c1-5-15(6-2)31-20-17(18(22)28(4)27-20)25-21-24-9-13-7-14(8-23)29(19(13)26-21)16-11-30-10-12(16)3/h7,9,12,15-16H,5-6,10-11,22H2,1-4H3,(H,24,25,26)/t12?,16-/m0/s1. The summed E-state index contributed by atoms with van der Waals surface area (Å²) in [5.74, 6) is 1.28. The van der Waals surface area contributed by atoms with E-state index in [9.17, 15) is 5.26 Å². The minimum absolute atomic E-state index is 0.0730. The predicted octanol–water partition coefficient (Wildman–Crippen LogP) is 1.81. The van der Waals surface area contributed by atoms with Crippen LogP contribution in [0, 0.1) is 17.2 Å². The number of anilines is 2. The fourth-order valence-electron chi connectivity index (χ4n) is 4.00. The first-order valence-electron chi connectivity index (χ1n) is 10.8. The molecule has 1 aliphatic rings. The van der Waals surface area contributed by atoms with Gasteiger partial charge < -0.3 is 19.4 Å². The van der Waals surface area contributed by atoms with E-state index in [1.807, 2.05) is 25.5 Å². The number of aromatic nitrogens is 5. The molecule has 3 aromatic heterocycles. The van der Waals surface area contributed by atoms with Crippen LogP contribution in [0.15, 0.2) is 12.3 Å². The second kappa shape index (κ2) is 8.59. The zero-order chi connectivity index (χ0) is 22.1. The third-order valence-corrected chi connectivity index (χ3v) is 6.08. The third kappa shape index (κ3) is 3.86. The van der Waals surface area contributed by atoms with E-state index in [1.54, 1.807) is 10.9 Å². The molecule has 0 aromatic carbocycles. The average Bonchev–Trinajstić information content (AvgIpc) is 3.42. The number of rotatable bonds is 7. The Bertz CT molecular complexity index is 1130. The van der Waals surface area contributed by atoms with Crippen LogP contribution in [0.1, 0.15) is 45.3 Å². The molecule has 4 heterocycles. The van der Waals surface area contributed by atoms with Crippen molar-refractivity contribution in [3.63, 3.8) is 0 Å². The quantitative estimate of drug-likeness (QED) is 0.581. The number of ether oxygens (including phenoxy) is 2. The van der Waals surface area contributed by atoms with Crippen LogP contribution >= 0.6 is 0 Å². The van der Waals surface area contributed by atoms with Gasteiger partial charge in [-0.1, -0.05) is 20.8 Å². The summed E-state index contributed by atoms with van der Waals surface area (Å²) in [6, 6.07) is 4.20. The minimum atomic E-state index is 0.0730. The lowest BCUT2D eigenvalue weighted by Gasteiger charge is -2.18. The highest BCUT2D eigenvalue weighted by Gasteiger charge is 2.29. The molecule has 1 saturated heterocycles. The molecule has 0 aliphatic carbocycles. The molecule has 1 N–H and O–H groups in total. The number of fused-ring (bicyclic) bond motifs is 1. The SMILES string of the molecule is Bc1c(Nc2ncc3cc(C#N)n([C@H]4COCC4C)c3n2)c(OC(CC)CC)nn1C. The minimum Gasteiger partial charge on any atom is -0.472 e. The second-order valence-electron chi connectivity index (χ2n) is 8.14. The zero-order valence-corrected chi connectivity index (χ0v) is 18.7. The molecule has 0 spiro atoms. The summed E-state index contributed by atoms with van der Waals surface area (Å²) in [5.41, 5.74) is 2.97. The largest absolute Gasteiger partial charge is 0.472 e. The van der Waals surface area contributed by atoms with Gasteiger partial charge in [-0.2, -0.15) is 10.2 Å². The molecule has 1 unspecified atom stereocenters. The smallest absolute Gasteiger partial charge is 0.256 e. The summed E-state index contributed by atoms with van der Waals surface area (Å²) in [6.45, 7) is 7.58. The zero-order valence-electron chi connectivity index (χ0n) is 18.7. The Morgan fingerprint density at radius 2 is 2.16 bits per heavy atom. The fraction of sp³-hybridized carbons (Fsp3) is 0.524. The van der Waals surface area contributed by atoms with E-state index >= 15 is 0 Å². The first kappa shape index (κ1) is 21.2. The number of hydrogen-bond donors (Lipinski definition) is 1. The first-order valence-corrected chi connectivity index (χ1v) is 10.8. The van der Waals surface area contributed by atoms with E-state index in [1.165, 1.54) is 0 Å². The van der Waals surface area contributed by atoms with E-state index in [0.29, 0.717) is 36.7 Å². The molecule has 3 aromatic rings. The van der Waals surface area contributed by atoms with Crippen molar-refractivity contribution in [3.05, 3.63) is 18.0 Å². The Morgan fingerprint density at radius 3 is 2.81 bits per heavy atom. The van der Waals surface area contributed by atoms with Crippen LogP contribution in [0.25, 0.3) is 11.0 Å². The fourth-order valence-corrected chi connectivity index (χ4v) is 4.00. The number of nitrogens with one attached hydrogen (secondary N) is 1. The first-order chi connectivity index (χ1) is 15.0. The number of nitriles is 1. The van der Waals surface area contributed by atoms with Crippen LogP contribution in [0.3, 0.4) is 0 Å². The molecule has 162 valence electrons. The van der Waals surface area contributed by atoms with E-state index in [4.69, 9.17) is 14.5 Å². The van der Waals surface area contributed by atoms with E-state index in [-0.39, 0.29) is 12.1 Å². The third-order valence-electron chi connectivity index (χ3n) is 6.08. The summed E-state index contributed by atoms with van der Waals surface area (Å²) in [5, 5.41) is 18.3. The molecule has 1 fully saturated rings. The highest BCUT2D eigenvalue weighted by atomic mass is 16.5. The topological polar surface area (TPSA) is 103 Å². The van der Waals surface area contributed by atoms with Crippen LogP contribution in [0.5, 0.6) is 5.88 Å². The summed E-state index contributed by atoms with van der Waals surface area (Å²) >= 11 is 0. The highest BCUT2D eigenvalue weighted by Crippen LogP contribution is 2.32. The van der Waals surface area contributed by atoms with Gasteiger partial charge in [0.25, 0.3) is 5.88 Å². The normalized spacial score (nSPS) is 18.6. The maximum atomic E-state index is 9.67. The van der Waals surface area contributed by atoms with E-state index < -0.39 is 0 Å². The molecule has 0 saturated carbocycles. The van der Waals surface area contributed by atoms with Crippen molar-refractivity contribution in [2.75, 3.05) is 18.5 Å². The molecule has 10 heteroatoms. The summed E-state index contributed by atoms with van der Waals surface area (Å²) in [6.07, 6.45) is 3.65. The van der Waals surface area contributed by atoms with Crippen molar-refractivity contribution in [3.8, 4) is 11.9 Å². The Kier molecular flexibility index (Phi) is 5.87. The molecule has 2 atom stereocenters. The van der Waals surface area contributed by atoms with Gasteiger partial charge in [0, 0.05) is 30.1 Å². The number of hydrogen-bond acceptors (Lipinski definition) is 7. The van der Waals surface area contributed by atoms with Gasteiger partial charge in [0.05, 0.1) is 19.3 Å². The maximum absolute atomic E-state index is 9.67. The highest BCUT2D eigenvalue weighted by molar-refractivity contribution is 6.35. The van der Waals surface area contributed by atoms with Gasteiger partial charge in [-0.05, 0) is 18.9 Å². The van der Waals surface area contributed by atoms with Crippen molar-refractivity contribution in [1.29, 1.82) is 5.26 Å². The second-order valence-corrected chi connectivity index (χ2v) is 8.14. The number of nitrogens with zero attached hydrogens (tertiary/aromatic N) is 6. The van der Waals surface area contributed by atoms with Crippen LogP contribution < -0.4 is 15.6 Å². The summed E-state index contributed by atoms with van der Waals surface area (Å²) < 4.78 is 15.5. The molecular formula is C21H28BN7O2. The van der Waals surface area contributed by atoms with Gasteiger partial charge in [-0.25, -0.2) is 4.98 Å². The maximum Gasteiger partial charge on any atom is 0.256 e. The van der Waals surface area contributed by atoms with Gasteiger partial charge >= 0.3 is 0 Å². The Morgan fingerprint density at radius 1 is 1.39 bits per heavy atom. The summed E-state index contributed by atoms with van der Waals surface area (Å²) in [7, 11) is 3.86.